The minimum Gasteiger partial charge on any atom is -0.298 e. The van der Waals surface area contributed by atoms with Gasteiger partial charge in [0.25, 0.3) is 0 Å². The molecule has 0 aliphatic rings. The number of hydrogen-bond acceptors (Lipinski definition) is 2. The maximum absolute atomic E-state index is 12.4. The summed E-state index contributed by atoms with van der Waals surface area (Å²) in [5.41, 5.74) is -0.285. The first-order chi connectivity index (χ1) is 7.93. The largest absolute Gasteiger partial charge is 0.416 e. The van der Waals surface area contributed by atoms with Crippen molar-refractivity contribution in [3.05, 3.63) is 35.4 Å². The third-order valence-corrected chi connectivity index (χ3v) is 3.06. The standard InChI is InChI=1S/C12H13F3OS/c1-2-17-8-11(16)7-9-4-3-5-10(6-9)12(13,14)15/h3-6H,2,7-8H2,1H3. The number of carbonyl (C=O) groups excluding carboxylic acids is 1. The zero-order chi connectivity index (χ0) is 12.9. The average molecular weight is 262 g/mol. The number of ketones is 1. The van der Waals surface area contributed by atoms with Crippen LogP contribution >= 0.6 is 11.8 Å². The monoisotopic (exact) mass is 262 g/mol. The van der Waals surface area contributed by atoms with Crippen LogP contribution in [-0.2, 0) is 17.4 Å². The molecule has 1 nitrogen and oxygen atoms in total. The molecule has 0 bridgehead atoms. The molecule has 0 saturated heterocycles. The van der Waals surface area contributed by atoms with E-state index < -0.39 is 11.7 Å². The van der Waals surface area contributed by atoms with Crippen molar-refractivity contribution in [1.29, 1.82) is 0 Å². The van der Waals surface area contributed by atoms with Crippen LogP contribution < -0.4 is 0 Å². The Morgan fingerprint density at radius 3 is 2.65 bits per heavy atom. The summed E-state index contributed by atoms with van der Waals surface area (Å²) in [5.74, 6) is 1.14. The molecular weight excluding hydrogens is 249 g/mol. The molecule has 0 fully saturated rings. The van der Waals surface area contributed by atoms with Crippen molar-refractivity contribution in [2.75, 3.05) is 11.5 Å². The van der Waals surface area contributed by atoms with Crippen LogP contribution in [0, 0.1) is 0 Å². The van der Waals surface area contributed by atoms with Crippen LogP contribution in [0.4, 0.5) is 13.2 Å². The summed E-state index contributed by atoms with van der Waals surface area (Å²) < 4.78 is 37.3. The first-order valence-corrected chi connectivity index (χ1v) is 6.34. The van der Waals surface area contributed by atoms with Crippen LogP contribution in [-0.4, -0.2) is 17.3 Å². The van der Waals surface area contributed by atoms with Gasteiger partial charge in [0.05, 0.1) is 11.3 Å². The lowest BCUT2D eigenvalue weighted by Crippen LogP contribution is -2.09. The van der Waals surface area contributed by atoms with Gasteiger partial charge in [0.15, 0.2) is 0 Å². The van der Waals surface area contributed by atoms with E-state index in [2.05, 4.69) is 0 Å². The van der Waals surface area contributed by atoms with Gasteiger partial charge >= 0.3 is 6.18 Å². The number of hydrogen-bond donors (Lipinski definition) is 0. The van der Waals surface area contributed by atoms with Crippen LogP contribution in [0.25, 0.3) is 0 Å². The van der Waals surface area contributed by atoms with Crippen molar-refractivity contribution in [3.8, 4) is 0 Å². The van der Waals surface area contributed by atoms with Gasteiger partial charge in [-0.3, -0.25) is 4.79 Å². The number of rotatable bonds is 5. The van der Waals surface area contributed by atoms with Gasteiger partial charge in [0, 0.05) is 6.42 Å². The Balaban J connectivity index is 2.69. The van der Waals surface area contributed by atoms with Crippen LogP contribution in [0.5, 0.6) is 0 Å². The van der Waals surface area contributed by atoms with Crippen LogP contribution in [0.1, 0.15) is 18.1 Å². The lowest BCUT2D eigenvalue weighted by molar-refractivity contribution is -0.137. The van der Waals surface area contributed by atoms with E-state index in [0.717, 1.165) is 17.9 Å². The van der Waals surface area contributed by atoms with E-state index in [-0.39, 0.29) is 12.2 Å². The SMILES string of the molecule is CCSCC(=O)Cc1cccc(C(F)(F)F)c1. The van der Waals surface area contributed by atoms with Crippen molar-refractivity contribution in [2.24, 2.45) is 0 Å². The van der Waals surface area contributed by atoms with E-state index in [1.807, 2.05) is 6.92 Å². The van der Waals surface area contributed by atoms with Gasteiger partial charge in [0.1, 0.15) is 5.78 Å². The first-order valence-electron chi connectivity index (χ1n) is 5.19. The summed E-state index contributed by atoms with van der Waals surface area (Å²) in [5, 5.41) is 0. The fourth-order valence-corrected chi connectivity index (χ4v) is 1.89. The molecule has 0 saturated carbocycles. The summed E-state index contributed by atoms with van der Waals surface area (Å²) in [4.78, 5) is 11.4. The molecular formula is C12H13F3OS. The van der Waals surface area contributed by atoms with E-state index >= 15 is 0 Å². The van der Waals surface area contributed by atoms with Gasteiger partial charge in [-0.05, 0) is 17.4 Å². The summed E-state index contributed by atoms with van der Waals surface area (Å²) >= 11 is 1.47. The van der Waals surface area contributed by atoms with Gasteiger partial charge < -0.3 is 0 Å². The molecule has 1 aromatic rings. The smallest absolute Gasteiger partial charge is 0.298 e. The Morgan fingerprint density at radius 1 is 1.35 bits per heavy atom. The number of benzene rings is 1. The zero-order valence-electron chi connectivity index (χ0n) is 9.38. The van der Waals surface area contributed by atoms with Crippen LogP contribution in [0.3, 0.4) is 0 Å². The molecule has 0 unspecified atom stereocenters. The Kier molecular flexibility index (Phi) is 5.05. The fraction of sp³-hybridized carbons (Fsp3) is 0.417. The number of thioether (sulfide) groups is 1. The molecule has 94 valence electrons. The molecule has 0 aliphatic heterocycles. The van der Waals surface area contributed by atoms with E-state index in [1.165, 1.54) is 17.8 Å². The predicted molar refractivity (Wildman–Crippen MR) is 63.2 cm³/mol. The second-order valence-electron chi connectivity index (χ2n) is 3.55. The zero-order valence-corrected chi connectivity index (χ0v) is 10.2. The predicted octanol–water partition coefficient (Wildman–Crippen LogP) is 3.57. The van der Waals surface area contributed by atoms with Crippen LogP contribution in [0.15, 0.2) is 24.3 Å². The molecule has 0 radical (unpaired) electrons. The molecule has 5 heteroatoms. The first kappa shape index (κ1) is 14.1. The van der Waals surface area contributed by atoms with Crippen molar-refractivity contribution < 1.29 is 18.0 Å². The lowest BCUT2D eigenvalue weighted by Gasteiger charge is -2.08. The number of carbonyl (C=O) groups is 1. The molecule has 1 aromatic carbocycles. The molecule has 0 amide bonds. The van der Waals surface area contributed by atoms with Crippen molar-refractivity contribution in [3.63, 3.8) is 0 Å². The highest BCUT2D eigenvalue weighted by atomic mass is 32.2. The molecule has 0 atom stereocenters. The lowest BCUT2D eigenvalue weighted by atomic mass is 10.1. The Morgan fingerprint density at radius 2 is 2.06 bits per heavy atom. The van der Waals surface area contributed by atoms with Crippen LogP contribution in [0.2, 0.25) is 0 Å². The minimum absolute atomic E-state index is 0.0452. The molecule has 0 aliphatic carbocycles. The highest BCUT2D eigenvalue weighted by Crippen LogP contribution is 2.29. The van der Waals surface area contributed by atoms with Gasteiger partial charge in [-0.2, -0.15) is 24.9 Å². The molecule has 0 N–H and O–H groups in total. The highest BCUT2D eigenvalue weighted by molar-refractivity contribution is 7.99. The summed E-state index contributed by atoms with van der Waals surface area (Å²) in [6.45, 7) is 1.93. The Labute approximate surface area is 102 Å². The molecule has 0 heterocycles. The fourth-order valence-electron chi connectivity index (χ4n) is 1.35. The third kappa shape index (κ3) is 4.81. The number of Topliss-reactive ketones (excluding diaryl/α,β-unsaturated/α-hetero) is 1. The normalized spacial score (nSPS) is 11.5. The van der Waals surface area contributed by atoms with Crippen molar-refractivity contribution >= 4 is 17.5 Å². The van der Waals surface area contributed by atoms with Crippen molar-refractivity contribution in [1.82, 2.24) is 0 Å². The maximum atomic E-state index is 12.4. The maximum Gasteiger partial charge on any atom is 0.416 e. The second kappa shape index (κ2) is 6.10. The topological polar surface area (TPSA) is 17.1 Å². The molecule has 1 rings (SSSR count). The molecule has 0 spiro atoms. The number of halogens is 3. The molecule has 0 aromatic heterocycles. The number of alkyl halides is 3. The van der Waals surface area contributed by atoms with E-state index in [0.29, 0.717) is 11.3 Å². The Hall–Kier alpha value is -0.970. The van der Waals surface area contributed by atoms with E-state index in [1.54, 1.807) is 6.07 Å². The summed E-state index contributed by atoms with van der Waals surface area (Å²) in [7, 11) is 0. The Bertz CT molecular complexity index is 388. The molecule has 17 heavy (non-hydrogen) atoms. The highest BCUT2D eigenvalue weighted by Gasteiger charge is 2.30. The van der Waals surface area contributed by atoms with E-state index in [9.17, 15) is 18.0 Å². The van der Waals surface area contributed by atoms with Gasteiger partial charge in [-0.1, -0.05) is 25.1 Å². The second-order valence-corrected chi connectivity index (χ2v) is 4.82. The average Bonchev–Trinajstić information content (AvgIpc) is 2.25. The van der Waals surface area contributed by atoms with Crippen molar-refractivity contribution in [2.45, 2.75) is 19.5 Å². The summed E-state index contributed by atoms with van der Waals surface area (Å²) in [6, 6.07) is 4.92. The minimum atomic E-state index is -4.35. The summed E-state index contributed by atoms with van der Waals surface area (Å²) in [6.07, 6.45) is -4.28. The van der Waals surface area contributed by atoms with Gasteiger partial charge in [-0.15, -0.1) is 0 Å². The quantitative estimate of drug-likeness (QED) is 0.807. The van der Waals surface area contributed by atoms with Gasteiger partial charge in [-0.25, -0.2) is 0 Å². The van der Waals surface area contributed by atoms with E-state index in [4.69, 9.17) is 0 Å². The third-order valence-electron chi connectivity index (χ3n) is 2.12. The van der Waals surface area contributed by atoms with Gasteiger partial charge in [0.2, 0.25) is 0 Å².